The van der Waals surface area contributed by atoms with Gasteiger partial charge in [0.25, 0.3) is 5.56 Å². The van der Waals surface area contributed by atoms with E-state index in [-0.39, 0.29) is 55.1 Å². The highest BCUT2D eigenvalue weighted by Crippen LogP contribution is 2.30. The maximum absolute atomic E-state index is 14.6. The van der Waals surface area contributed by atoms with Crippen LogP contribution in [0.25, 0.3) is 21.8 Å². The first-order chi connectivity index (χ1) is 31.5. The van der Waals surface area contributed by atoms with Crippen molar-refractivity contribution >= 4 is 45.6 Å². The lowest BCUT2D eigenvalue weighted by Gasteiger charge is -2.43. The molecule has 0 spiro atoms. The average molecular weight is 894 g/mol. The molecule has 3 aliphatic heterocycles. The summed E-state index contributed by atoms with van der Waals surface area (Å²) in [6.45, 7) is 12.2. The molecule has 0 bridgehead atoms. The van der Waals surface area contributed by atoms with E-state index in [0.717, 1.165) is 110 Å². The predicted octanol–water partition coefficient (Wildman–Crippen LogP) is 7.02. The predicted molar refractivity (Wildman–Crippen MR) is 252 cm³/mol. The number of amides is 2. The van der Waals surface area contributed by atoms with Gasteiger partial charge in [-0.3, -0.25) is 33.4 Å². The van der Waals surface area contributed by atoms with Crippen LogP contribution in [0.4, 0.5) is 0 Å². The molecule has 2 aromatic carbocycles. The van der Waals surface area contributed by atoms with Gasteiger partial charge in [-0.2, -0.15) is 5.10 Å². The number of hydrogen-bond acceptors (Lipinski definition) is 10. The molecule has 0 radical (unpaired) electrons. The first kappa shape index (κ1) is 47.9. The van der Waals surface area contributed by atoms with E-state index in [1.165, 1.54) is 0 Å². The van der Waals surface area contributed by atoms with Gasteiger partial charge in [0.15, 0.2) is 13.5 Å². The van der Waals surface area contributed by atoms with Gasteiger partial charge in [0.05, 0.1) is 17.0 Å². The number of likely N-dealkylation sites (tertiary alicyclic amines) is 2. The van der Waals surface area contributed by atoms with Gasteiger partial charge in [-0.25, -0.2) is 4.68 Å². The van der Waals surface area contributed by atoms with Crippen molar-refractivity contribution in [2.45, 2.75) is 136 Å². The van der Waals surface area contributed by atoms with Crippen molar-refractivity contribution in [3.05, 3.63) is 75.7 Å². The van der Waals surface area contributed by atoms with E-state index < -0.39 is 5.92 Å². The Labute approximate surface area is 384 Å². The molecular formula is C51H71N7O7. The maximum Gasteiger partial charge on any atom is 0.307 e. The fourth-order valence-electron chi connectivity index (χ4n) is 10.1. The zero-order valence-corrected chi connectivity index (χ0v) is 39.3. The Morgan fingerprint density at radius 3 is 2.09 bits per heavy atom. The second kappa shape index (κ2) is 22.9. The number of piperazine rings is 1. The quantitative estimate of drug-likeness (QED) is 0.0714. The largest absolute Gasteiger partial charge is 0.444 e. The summed E-state index contributed by atoms with van der Waals surface area (Å²) >= 11 is 0. The van der Waals surface area contributed by atoms with Crippen LogP contribution < -0.4 is 5.56 Å². The van der Waals surface area contributed by atoms with Crippen LogP contribution in [0, 0.1) is 12.8 Å². The Balaban J connectivity index is 1.04. The number of esters is 2. The summed E-state index contributed by atoms with van der Waals surface area (Å²) in [4.78, 5) is 76.6. The van der Waals surface area contributed by atoms with Crippen LogP contribution in [0.15, 0.2) is 53.5 Å². The van der Waals surface area contributed by atoms with Crippen molar-refractivity contribution in [2.24, 2.45) is 5.92 Å². The van der Waals surface area contributed by atoms with Crippen molar-refractivity contribution in [3.63, 3.8) is 0 Å². The number of unbranched alkanes of at least 4 members (excludes halogenated alkanes) is 4. The molecule has 4 aromatic rings. The fraction of sp³-hybridized carbons (Fsp3) is 0.608. The number of hydrogen-bond donors (Lipinski definition) is 0. The molecule has 0 unspecified atom stereocenters. The lowest BCUT2D eigenvalue weighted by Crippen LogP contribution is -2.55. The van der Waals surface area contributed by atoms with Gasteiger partial charge in [-0.1, -0.05) is 63.8 Å². The van der Waals surface area contributed by atoms with Crippen LogP contribution in [0.1, 0.15) is 120 Å². The Hall–Kier alpha value is -5.08. The van der Waals surface area contributed by atoms with Crippen molar-refractivity contribution < 1.29 is 28.7 Å². The van der Waals surface area contributed by atoms with E-state index in [2.05, 4.69) is 36.8 Å². The van der Waals surface area contributed by atoms with Gasteiger partial charge < -0.3 is 24.2 Å². The zero-order chi connectivity index (χ0) is 45.9. The number of para-hydroxylation sites is 1. The molecule has 5 heterocycles. The van der Waals surface area contributed by atoms with E-state index in [9.17, 15) is 24.0 Å². The molecule has 3 saturated heterocycles. The number of ether oxygens (including phenoxy) is 2. The highest BCUT2D eigenvalue weighted by molar-refractivity contribution is 5.87. The highest BCUT2D eigenvalue weighted by Gasteiger charge is 2.34. The SMILES string of the molecule is CCCCCC(=O)OCn1cc2cc(C[C@@H](CC(=O)N3CCC(c4cc5ccccc5n(COC(=O)CCCCC)c4=O)CC3)C(=O)N3CCN(C4CCN(C)CC4)CC3)cc(C)c2n1. The Bertz CT molecular complexity index is 2320. The third kappa shape index (κ3) is 12.4. The summed E-state index contributed by atoms with van der Waals surface area (Å²) in [5, 5.41) is 6.50. The average Bonchev–Trinajstić information content (AvgIpc) is 3.74. The minimum Gasteiger partial charge on any atom is -0.444 e. The van der Waals surface area contributed by atoms with Crippen LogP contribution in [0.2, 0.25) is 0 Å². The molecule has 14 heteroatoms. The molecule has 2 amide bonds. The molecule has 7 rings (SSSR count). The number of carbonyl (C=O) groups excluding carboxylic acids is 4. The van der Waals surface area contributed by atoms with E-state index in [1.807, 2.05) is 59.3 Å². The number of fused-ring (bicyclic) bond motifs is 2. The van der Waals surface area contributed by atoms with E-state index in [1.54, 1.807) is 9.25 Å². The first-order valence-electron chi connectivity index (χ1n) is 24.4. The first-order valence-corrected chi connectivity index (χ1v) is 24.4. The number of benzene rings is 2. The molecule has 3 aliphatic rings. The number of rotatable bonds is 19. The number of piperidine rings is 2. The summed E-state index contributed by atoms with van der Waals surface area (Å²) in [6, 6.07) is 14.3. The summed E-state index contributed by atoms with van der Waals surface area (Å²) in [5.41, 5.74) is 3.94. The topological polar surface area (TPSA) is 140 Å². The monoisotopic (exact) mass is 894 g/mol. The van der Waals surface area contributed by atoms with Crippen LogP contribution in [-0.4, -0.2) is 123 Å². The Morgan fingerprint density at radius 2 is 1.42 bits per heavy atom. The summed E-state index contributed by atoms with van der Waals surface area (Å²) < 4.78 is 14.3. The smallest absolute Gasteiger partial charge is 0.307 e. The second-order valence-electron chi connectivity index (χ2n) is 18.8. The van der Waals surface area contributed by atoms with Crippen molar-refractivity contribution in [2.75, 3.05) is 59.4 Å². The van der Waals surface area contributed by atoms with Crippen LogP contribution >= 0.6 is 0 Å². The van der Waals surface area contributed by atoms with Crippen molar-refractivity contribution in [1.29, 1.82) is 0 Å². The third-order valence-corrected chi connectivity index (χ3v) is 14.0. The minimum atomic E-state index is -0.552. The number of carbonyl (C=O) groups is 4. The lowest BCUT2D eigenvalue weighted by molar-refractivity contribution is -0.148. The normalized spacial score (nSPS) is 17.5. The highest BCUT2D eigenvalue weighted by atomic mass is 16.5. The fourth-order valence-corrected chi connectivity index (χ4v) is 10.1. The number of aromatic nitrogens is 3. The summed E-state index contributed by atoms with van der Waals surface area (Å²) in [5.74, 6) is -1.20. The summed E-state index contributed by atoms with van der Waals surface area (Å²) in [7, 11) is 2.18. The molecule has 0 N–H and O–H groups in total. The van der Waals surface area contributed by atoms with E-state index in [0.29, 0.717) is 69.9 Å². The van der Waals surface area contributed by atoms with Crippen LogP contribution in [0.5, 0.6) is 0 Å². The van der Waals surface area contributed by atoms with Gasteiger partial charge in [0, 0.05) is 81.7 Å². The van der Waals surface area contributed by atoms with Gasteiger partial charge in [-0.15, -0.1) is 0 Å². The third-order valence-electron chi connectivity index (χ3n) is 14.0. The van der Waals surface area contributed by atoms with Crippen LogP contribution in [0.3, 0.4) is 0 Å². The Kier molecular flexibility index (Phi) is 16.9. The van der Waals surface area contributed by atoms with E-state index in [4.69, 9.17) is 14.6 Å². The lowest BCUT2D eigenvalue weighted by atomic mass is 9.88. The van der Waals surface area contributed by atoms with Gasteiger partial charge in [0.2, 0.25) is 11.8 Å². The molecule has 1 atom stereocenters. The van der Waals surface area contributed by atoms with Gasteiger partial charge in [0.1, 0.15) is 0 Å². The molecule has 2 aromatic heterocycles. The summed E-state index contributed by atoms with van der Waals surface area (Å²) in [6.07, 6.45) is 12.2. The van der Waals surface area contributed by atoms with Gasteiger partial charge >= 0.3 is 11.9 Å². The van der Waals surface area contributed by atoms with Gasteiger partial charge in [-0.05, 0) is 113 Å². The number of pyridine rings is 1. The molecular weight excluding hydrogens is 823 g/mol. The molecule has 0 saturated carbocycles. The molecule has 0 aliphatic carbocycles. The minimum absolute atomic E-state index is 0.0162. The number of nitrogens with zero attached hydrogens (tertiary/aromatic N) is 7. The van der Waals surface area contributed by atoms with Crippen molar-refractivity contribution in [1.82, 2.24) is 33.9 Å². The Morgan fingerprint density at radius 1 is 0.754 bits per heavy atom. The molecule has 14 nitrogen and oxygen atoms in total. The second-order valence-corrected chi connectivity index (χ2v) is 18.8. The maximum atomic E-state index is 14.6. The standard InChI is InChI=1S/C51H71N7O7/c1-5-7-9-15-47(60)64-35-57-34-42-31-38(29-37(3)49(42)52-57)30-41(50(62)56-27-25-54(26-28-56)43-19-21-53(4)22-20-43)33-46(59)55-23-17-39(18-24-55)44-32-40-13-11-12-14-45(40)58(51(44)63)36-65-48(61)16-10-8-6-2/h11-14,29,31-32,34,39,41,43H,5-10,15-28,30,33,35-36H2,1-4H3/t41-/m0/s1. The molecule has 352 valence electrons. The molecule has 65 heavy (non-hydrogen) atoms. The van der Waals surface area contributed by atoms with E-state index >= 15 is 0 Å². The number of aryl methyl sites for hydroxylation is 1. The van der Waals surface area contributed by atoms with Crippen molar-refractivity contribution in [3.8, 4) is 0 Å². The zero-order valence-electron chi connectivity index (χ0n) is 39.3. The van der Waals surface area contributed by atoms with Crippen LogP contribution in [-0.2, 0) is 48.5 Å². The molecule has 3 fully saturated rings.